The lowest BCUT2D eigenvalue weighted by Crippen LogP contribution is -2.48. The maximum Gasteiger partial charge on any atom is 0.226 e. The van der Waals surface area contributed by atoms with E-state index in [1.165, 1.54) is 0 Å². The van der Waals surface area contributed by atoms with Crippen molar-refractivity contribution in [3.05, 3.63) is 35.9 Å². The highest BCUT2D eigenvalue weighted by atomic mass is 16.2. The van der Waals surface area contributed by atoms with Crippen molar-refractivity contribution in [2.45, 2.75) is 51.0 Å². The maximum absolute atomic E-state index is 13.1. The number of Topliss-reactive ketones (excluding diaryl/α,β-unsaturated/α-hetero) is 1. The number of piperidine rings is 1. The van der Waals surface area contributed by atoms with Gasteiger partial charge in [0.05, 0.1) is 0 Å². The van der Waals surface area contributed by atoms with Gasteiger partial charge in [-0.05, 0) is 19.3 Å². The first kappa shape index (κ1) is 18.6. The Labute approximate surface area is 155 Å². The third-order valence-electron chi connectivity index (χ3n) is 5.69. The molecule has 26 heavy (non-hydrogen) atoms. The van der Waals surface area contributed by atoms with Crippen LogP contribution in [-0.4, -0.2) is 53.6 Å². The van der Waals surface area contributed by atoms with Crippen molar-refractivity contribution < 1.29 is 14.4 Å². The predicted octanol–water partition coefficient (Wildman–Crippen LogP) is 2.90. The Morgan fingerprint density at radius 1 is 1.04 bits per heavy atom. The summed E-state index contributed by atoms with van der Waals surface area (Å²) in [5.41, 5.74) is 0.707. The van der Waals surface area contributed by atoms with Crippen LogP contribution in [0.1, 0.15) is 55.3 Å². The lowest BCUT2D eigenvalue weighted by atomic mass is 9.93. The number of benzene rings is 1. The van der Waals surface area contributed by atoms with Gasteiger partial charge in [-0.15, -0.1) is 0 Å². The van der Waals surface area contributed by atoms with Crippen LogP contribution < -0.4 is 0 Å². The largest absolute Gasteiger partial charge is 0.346 e. The molecule has 2 aliphatic heterocycles. The second-order valence-corrected chi connectivity index (χ2v) is 7.53. The minimum absolute atomic E-state index is 0.0429. The fourth-order valence-corrected chi connectivity index (χ4v) is 4.02. The van der Waals surface area contributed by atoms with Gasteiger partial charge in [0.2, 0.25) is 11.8 Å². The zero-order valence-corrected chi connectivity index (χ0v) is 15.5. The fraction of sp³-hybridized carbons (Fsp3) is 0.571. The van der Waals surface area contributed by atoms with Crippen molar-refractivity contribution in [2.24, 2.45) is 5.92 Å². The number of likely N-dealkylation sites (tertiary alicyclic amines) is 2. The van der Waals surface area contributed by atoms with Crippen molar-refractivity contribution in [2.75, 3.05) is 20.1 Å². The monoisotopic (exact) mass is 356 g/mol. The van der Waals surface area contributed by atoms with E-state index in [4.69, 9.17) is 0 Å². The molecule has 0 saturated carbocycles. The highest BCUT2D eigenvalue weighted by Crippen LogP contribution is 2.26. The minimum Gasteiger partial charge on any atom is -0.346 e. The van der Waals surface area contributed by atoms with Gasteiger partial charge in [-0.1, -0.05) is 43.2 Å². The van der Waals surface area contributed by atoms with Crippen LogP contribution in [0.5, 0.6) is 0 Å². The molecule has 2 atom stereocenters. The number of hydrogen-bond donors (Lipinski definition) is 0. The van der Waals surface area contributed by atoms with Crippen molar-refractivity contribution in [1.29, 1.82) is 0 Å². The van der Waals surface area contributed by atoms with E-state index in [2.05, 4.69) is 0 Å². The van der Waals surface area contributed by atoms with Gasteiger partial charge in [-0.3, -0.25) is 14.4 Å². The van der Waals surface area contributed by atoms with E-state index in [1.807, 2.05) is 35.2 Å². The Kier molecular flexibility index (Phi) is 6.07. The average molecular weight is 356 g/mol. The predicted molar refractivity (Wildman–Crippen MR) is 99.7 cm³/mol. The Morgan fingerprint density at radius 2 is 1.81 bits per heavy atom. The quantitative estimate of drug-likeness (QED) is 0.780. The van der Waals surface area contributed by atoms with Gasteiger partial charge in [0, 0.05) is 50.5 Å². The summed E-state index contributed by atoms with van der Waals surface area (Å²) in [6.45, 7) is 1.34. The first-order valence-corrected chi connectivity index (χ1v) is 9.69. The molecular formula is C21H28N2O3. The van der Waals surface area contributed by atoms with Crippen LogP contribution in [0.2, 0.25) is 0 Å². The second kappa shape index (κ2) is 8.47. The molecule has 2 aliphatic rings. The van der Waals surface area contributed by atoms with E-state index >= 15 is 0 Å². The molecule has 1 aromatic carbocycles. The van der Waals surface area contributed by atoms with Crippen molar-refractivity contribution in [1.82, 2.24) is 9.80 Å². The number of ketones is 1. The first-order chi connectivity index (χ1) is 12.6. The SMILES string of the molecule is CN1CCC(C(=O)N2CCCCCC2CC(=O)c2ccccc2)CC1=O. The molecule has 3 rings (SSSR count). The molecule has 2 saturated heterocycles. The average Bonchev–Trinajstić information content (AvgIpc) is 2.89. The van der Waals surface area contributed by atoms with Gasteiger partial charge in [0.15, 0.2) is 5.78 Å². The lowest BCUT2D eigenvalue weighted by Gasteiger charge is -2.35. The molecule has 1 aromatic rings. The summed E-state index contributed by atoms with van der Waals surface area (Å²) in [4.78, 5) is 41.4. The van der Waals surface area contributed by atoms with Crippen LogP contribution in [-0.2, 0) is 9.59 Å². The van der Waals surface area contributed by atoms with Crippen molar-refractivity contribution in [3.8, 4) is 0 Å². The summed E-state index contributed by atoms with van der Waals surface area (Å²) in [7, 11) is 1.79. The van der Waals surface area contributed by atoms with Crippen LogP contribution in [0, 0.1) is 5.92 Å². The van der Waals surface area contributed by atoms with Gasteiger partial charge in [-0.25, -0.2) is 0 Å². The molecule has 0 N–H and O–H groups in total. The minimum atomic E-state index is -0.230. The number of amides is 2. The molecule has 0 aromatic heterocycles. The fourth-order valence-electron chi connectivity index (χ4n) is 4.02. The van der Waals surface area contributed by atoms with E-state index in [9.17, 15) is 14.4 Å². The van der Waals surface area contributed by atoms with Crippen LogP contribution in [0.3, 0.4) is 0 Å². The summed E-state index contributed by atoms with van der Waals surface area (Å²) in [6, 6.07) is 9.25. The maximum atomic E-state index is 13.1. The molecule has 0 spiro atoms. The van der Waals surface area contributed by atoms with Gasteiger partial charge in [0.25, 0.3) is 0 Å². The molecule has 2 unspecified atom stereocenters. The topological polar surface area (TPSA) is 57.7 Å². The molecule has 2 heterocycles. The molecule has 2 fully saturated rings. The van der Waals surface area contributed by atoms with Crippen LogP contribution in [0.4, 0.5) is 0 Å². The number of hydrogen-bond acceptors (Lipinski definition) is 3. The molecule has 0 radical (unpaired) electrons. The molecule has 5 heteroatoms. The number of carbonyl (C=O) groups excluding carboxylic acids is 3. The molecule has 0 aliphatic carbocycles. The molecular weight excluding hydrogens is 328 g/mol. The van der Waals surface area contributed by atoms with Crippen LogP contribution in [0.25, 0.3) is 0 Å². The molecule has 140 valence electrons. The van der Waals surface area contributed by atoms with Gasteiger partial charge >= 0.3 is 0 Å². The molecule has 0 bridgehead atoms. The highest BCUT2D eigenvalue weighted by Gasteiger charge is 2.35. The Balaban J connectivity index is 1.71. The van der Waals surface area contributed by atoms with Gasteiger partial charge in [0.1, 0.15) is 0 Å². The second-order valence-electron chi connectivity index (χ2n) is 7.53. The third-order valence-corrected chi connectivity index (χ3v) is 5.69. The van der Waals surface area contributed by atoms with E-state index in [0.717, 1.165) is 32.1 Å². The van der Waals surface area contributed by atoms with E-state index in [-0.39, 0.29) is 29.6 Å². The van der Waals surface area contributed by atoms with Crippen molar-refractivity contribution in [3.63, 3.8) is 0 Å². The Hall–Kier alpha value is -2.17. The van der Waals surface area contributed by atoms with Crippen LogP contribution >= 0.6 is 0 Å². The van der Waals surface area contributed by atoms with Gasteiger partial charge < -0.3 is 9.80 Å². The van der Waals surface area contributed by atoms with Crippen LogP contribution in [0.15, 0.2) is 30.3 Å². The Bertz CT molecular complexity index is 658. The van der Waals surface area contributed by atoms with E-state index in [0.29, 0.717) is 31.5 Å². The zero-order valence-electron chi connectivity index (χ0n) is 15.5. The summed E-state index contributed by atoms with van der Waals surface area (Å²) in [6.07, 6.45) is 5.36. The van der Waals surface area contributed by atoms with E-state index in [1.54, 1.807) is 11.9 Å². The summed E-state index contributed by atoms with van der Waals surface area (Å²) >= 11 is 0. The normalized spacial score (nSPS) is 24.3. The third kappa shape index (κ3) is 4.32. The van der Waals surface area contributed by atoms with E-state index < -0.39 is 0 Å². The first-order valence-electron chi connectivity index (χ1n) is 9.69. The molecule has 2 amide bonds. The lowest BCUT2D eigenvalue weighted by molar-refractivity contribution is -0.145. The standard InChI is InChI=1S/C21H28N2O3/c1-22-13-11-17(14-20(22)25)21(26)23-12-7-3-6-10-18(23)15-19(24)16-8-4-2-5-9-16/h2,4-5,8-9,17-18H,3,6-7,10-15H2,1H3. The molecule has 5 nitrogen and oxygen atoms in total. The van der Waals surface area contributed by atoms with Gasteiger partial charge in [-0.2, -0.15) is 0 Å². The summed E-state index contributed by atoms with van der Waals surface area (Å²) < 4.78 is 0. The number of nitrogens with zero attached hydrogens (tertiary/aromatic N) is 2. The number of rotatable bonds is 4. The zero-order chi connectivity index (χ0) is 18.5. The van der Waals surface area contributed by atoms with Crippen molar-refractivity contribution >= 4 is 17.6 Å². The number of carbonyl (C=O) groups is 3. The smallest absolute Gasteiger partial charge is 0.226 e. The highest BCUT2D eigenvalue weighted by molar-refractivity contribution is 5.96. The summed E-state index contributed by atoms with van der Waals surface area (Å²) in [5, 5.41) is 0. The summed E-state index contributed by atoms with van der Waals surface area (Å²) in [5.74, 6) is -0.0265. The Morgan fingerprint density at radius 3 is 2.54 bits per heavy atom.